The third-order valence-electron chi connectivity index (χ3n) is 13.8. The summed E-state index contributed by atoms with van der Waals surface area (Å²) in [5.74, 6) is 1.72. The van der Waals surface area contributed by atoms with Crippen molar-refractivity contribution in [3.63, 3.8) is 0 Å². The predicted octanol–water partition coefficient (Wildman–Crippen LogP) is 16.8. The molecule has 15 aromatic rings. The number of benzene rings is 11. The molecule has 0 unspecified atom stereocenters. The SMILES string of the molecule is c1ccc2cc(-c3nc(-c4cccc5c4oc4ccccc45)nc(-c4c(-n5c6cc7ccccc7cc6c6c7ccccc7ccc65)ccc5sc6cc7ccccc7cc6c45)n3)ccc2c1. The first-order valence-corrected chi connectivity index (χ1v) is 23.4. The Morgan fingerprint density at radius 1 is 0.373 bits per heavy atom. The molecule has 0 aliphatic rings. The average Bonchev–Trinajstić information content (AvgIpc) is 4.05. The van der Waals surface area contributed by atoms with E-state index >= 15 is 0 Å². The van der Waals surface area contributed by atoms with Crippen LogP contribution >= 0.6 is 11.3 Å². The first-order valence-electron chi connectivity index (χ1n) is 22.6. The fraction of sp³-hybridized carbons (Fsp3) is 0. The van der Waals surface area contributed by atoms with Crippen LogP contribution in [0.2, 0.25) is 0 Å². The van der Waals surface area contributed by atoms with Gasteiger partial charge in [-0.1, -0.05) is 146 Å². The highest BCUT2D eigenvalue weighted by atomic mass is 32.1. The van der Waals surface area contributed by atoms with E-state index in [2.05, 4.69) is 199 Å². The quantitative estimate of drug-likeness (QED) is 0.177. The highest BCUT2D eigenvalue weighted by Gasteiger charge is 2.26. The first-order chi connectivity index (χ1) is 33.2. The maximum atomic E-state index is 6.69. The first kappa shape index (κ1) is 36.6. The van der Waals surface area contributed by atoms with Crippen molar-refractivity contribution in [2.75, 3.05) is 0 Å². The van der Waals surface area contributed by atoms with E-state index in [1.54, 1.807) is 0 Å². The van der Waals surface area contributed by atoms with Crippen LogP contribution in [-0.4, -0.2) is 19.5 Å². The molecule has 4 aromatic heterocycles. The van der Waals surface area contributed by atoms with Gasteiger partial charge >= 0.3 is 0 Å². The van der Waals surface area contributed by atoms with Crippen molar-refractivity contribution >= 4 is 118 Å². The maximum absolute atomic E-state index is 6.69. The van der Waals surface area contributed by atoms with E-state index in [1.165, 1.54) is 53.2 Å². The van der Waals surface area contributed by atoms with Crippen molar-refractivity contribution in [1.82, 2.24) is 19.5 Å². The molecule has 0 amide bonds. The van der Waals surface area contributed by atoms with Crippen LogP contribution in [0.4, 0.5) is 0 Å². The van der Waals surface area contributed by atoms with Crippen molar-refractivity contribution in [2.24, 2.45) is 0 Å². The number of hydrogen-bond donors (Lipinski definition) is 0. The highest BCUT2D eigenvalue weighted by Crippen LogP contribution is 2.47. The summed E-state index contributed by atoms with van der Waals surface area (Å²) in [7, 11) is 0. The Morgan fingerprint density at radius 3 is 1.82 bits per heavy atom. The Kier molecular flexibility index (Phi) is 7.59. The van der Waals surface area contributed by atoms with Gasteiger partial charge in [-0.25, -0.2) is 15.0 Å². The van der Waals surface area contributed by atoms with E-state index in [1.807, 2.05) is 23.5 Å². The summed E-state index contributed by atoms with van der Waals surface area (Å²) in [5, 5.41) is 16.2. The van der Waals surface area contributed by atoms with Gasteiger partial charge in [0, 0.05) is 47.3 Å². The molecule has 0 bridgehead atoms. The van der Waals surface area contributed by atoms with Gasteiger partial charge in [0.2, 0.25) is 0 Å². The van der Waals surface area contributed by atoms with E-state index in [9.17, 15) is 0 Å². The lowest BCUT2D eigenvalue weighted by atomic mass is 10.00. The fourth-order valence-electron chi connectivity index (χ4n) is 10.7. The van der Waals surface area contributed by atoms with Gasteiger partial charge in [0.05, 0.1) is 27.8 Å². The Bertz CT molecular complexity index is 4600. The van der Waals surface area contributed by atoms with E-state index in [0.717, 1.165) is 76.2 Å². The van der Waals surface area contributed by atoms with Crippen LogP contribution in [0, 0.1) is 0 Å². The number of rotatable bonds is 4. The summed E-state index contributed by atoms with van der Waals surface area (Å²) in [5.41, 5.74) is 7.46. The van der Waals surface area contributed by atoms with E-state index in [-0.39, 0.29) is 0 Å². The number of furan rings is 1. The van der Waals surface area contributed by atoms with Crippen LogP contribution in [-0.2, 0) is 0 Å². The van der Waals surface area contributed by atoms with Crippen molar-refractivity contribution in [2.45, 2.75) is 0 Å². The molecule has 4 heterocycles. The van der Waals surface area contributed by atoms with Crippen molar-refractivity contribution in [3.05, 3.63) is 206 Å². The average molecular weight is 871 g/mol. The normalized spacial score (nSPS) is 12.2. The molecule has 5 nitrogen and oxygen atoms in total. The summed E-state index contributed by atoms with van der Waals surface area (Å²) in [6, 6.07) is 74.0. The Hall–Kier alpha value is -8.71. The van der Waals surface area contributed by atoms with Gasteiger partial charge < -0.3 is 8.98 Å². The largest absolute Gasteiger partial charge is 0.455 e. The summed E-state index contributed by atoms with van der Waals surface area (Å²) in [6.07, 6.45) is 0. The van der Waals surface area contributed by atoms with Crippen molar-refractivity contribution in [1.29, 1.82) is 0 Å². The van der Waals surface area contributed by atoms with Gasteiger partial charge in [-0.2, -0.15) is 0 Å². The molecule has 6 heteroatoms. The monoisotopic (exact) mass is 870 g/mol. The summed E-state index contributed by atoms with van der Waals surface area (Å²) >= 11 is 1.81. The van der Waals surface area contributed by atoms with Gasteiger partial charge in [0.25, 0.3) is 0 Å². The molecule has 0 atom stereocenters. The van der Waals surface area contributed by atoms with E-state index < -0.39 is 0 Å². The van der Waals surface area contributed by atoms with Crippen LogP contribution in [0.15, 0.2) is 211 Å². The zero-order valence-electron chi connectivity index (χ0n) is 35.7. The van der Waals surface area contributed by atoms with Crippen LogP contribution in [0.3, 0.4) is 0 Å². The second-order valence-electron chi connectivity index (χ2n) is 17.5. The molecular weight excluding hydrogens is 837 g/mol. The molecular formula is C61H34N4OS. The van der Waals surface area contributed by atoms with E-state index in [0.29, 0.717) is 17.5 Å². The summed E-state index contributed by atoms with van der Waals surface area (Å²) < 4.78 is 11.5. The fourth-order valence-corrected chi connectivity index (χ4v) is 11.8. The minimum Gasteiger partial charge on any atom is -0.455 e. The molecule has 0 saturated carbocycles. The molecule has 0 aliphatic heterocycles. The summed E-state index contributed by atoms with van der Waals surface area (Å²) in [6.45, 7) is 0. The summed E-state index contributed by atoms with van der Waals surface area (Å²) in [4.78, 5) is 16.6. The molecule has 15 rings (SSSR count). The lowest BCUT2D eigenvalue weighted by molar-refractivity contribution is 0.669. The van der Waals surface area contributed by atoms with Crippen molar-refractivity contribution < 1.29 is 4.42 Å². The molecule has 11 aromatic carbocycles. The van der Waals surface area contributed by atoms with Crippen molar-refractivity contribution in [3.8, 4) is 39.9 Å². The zero-order chi connectivity index (χ0) is 43.7. The van der Waals surface area contributed by atoms with Crippen LogP contribution < -0.4 is 0 Å². The maximum Gasteiger partial charge on any atom is 0.167 e. The number of hydrogen-bond acceptors (Lipinski definition) is 5. The van der Waals surface area contributed by atoms with Crippen LogP contribution in [0.5, 0.6) is 0 Å². The topological polar surface area (TPSA) is 56.7 Å². The third-order valence-corrected chi connectivity index (χ3v) is 14.9. The van der Waals surface area contributed by atoms with E-state index in [4.69, 9.17) is 19.4 Å². The van der Waals surface area contributed by atoms with Gasteiger partial charge in [0.1, 0.15) is 11.2 Å². The number of nitrogens with zero attached hydrogens (tertiary/aromatic N) is 4. The predicted molar refractivity (Wildman–Crippen MR) is 281 cm³/mol. The van der Waals surface area contributed by atoms with Crippen LogP contribution in [0.1, 0.15) is 0 Å². The molecule has 0 fully saturated rings. The smallest absolute Gasteiger partial charge is 0.167 e. The minimum atomic E-state index is 0.546. The number of fused-ring (bicyclic) bond motifs is 14. The standard InChI is InChI=1S/C61H34N4OS/c1-2-14-37-30-42(25-24-35(37)12-1)59-62-60(46-22-11-21-45-44-20-9-10-23-52(44)66-58(45)46)64-61(63-59)57-50(28-29-53-56(57)48-32-39-16-4-6-18-41(39)34-54(48)67-53)65-49-27-26-36-13-7-8-19-43(36)55(49)47-31-38-15-3-5-17-40(38)33-51(47)65/h1-34H. The van der Waals surface area contributed by atoms with Gasteiger partial charge in [-0.05, 0) is 104 Å². The minimum absolute atomic E-state index is 0.546. The molecule has 310 valence electrons. The Labute approximate surface area is 386 Å². The molecule has 0 spiro atoms. The Balaban J connectivity index is 1.12. The highest BCUT2D eigenvalue weighted by molar-refractivity contribution is 7.26. The van der Waals surface area contributed by atoms with Gasteiger partial charge in [-0.3, -0.25) is 0 Å². The molecule has 0 saturated heterocycles. The molecule has 67 heavy (non-hydrogen) atoms. The lowest BCUT2D eigenvalue weighted by Crippen LogP contribution is -2.04. The zero-order valence-corrected chi connectivity index (χ0v) is 36.6. The second-order valence-corrected chi connectivity index (χ2v) is 18.6. The lowest BCUT2D eigenvalue weighted by Gasteiger charge is -2.17. The number of thiophene rings is 1. The Morgan fingerprint density at radius 2 is 1.00 bits per heavy atom. The molecule has 0 aliphatic carbocycles. The van der Waals surface area contributed by atoms with Crippen LogP contribution in [0.25, 0.3) is 147 Å². The van der Waals surface area contributed by atoms with Gasteiger partial charge in [-0.15, -0.1) is 11.3 Å². The molecule has 0 N–H and O–H groups in total. The number of para-hydroxylation sites is 2. The molecule has 0 radical (unpaired) electrons. The van der Waals surface area contributed by atoms with Gasteiger partial charge in [0.15, 0.2) is 17.5 Å². The third kappa shape index (κ3) is 5.45. The number of aromatic nitrogens is 4. The second kappa shape index (κ2) is 13.9.